The predicted octanol–water partition coefficient (Wildman–Crippen LogP) is 1.53. The fraction of sp³-hybridized carbons (Fsp3) is 0.429. The summed E-state index contributed by atoms with van der Waals surface area (Å²) < 4.78 is 29.8. The number of hydrogen-bond acceptors (Lipinski definition) is 7. The quantitative estimate of drug-likeness (QED) is 0.318. The fourth-order valence-corrected chi connectivity index (χ4v) is 3.93. The topological polar surface area (TPSA) is 121 Å². The van der Waals surface area contributed by atoms with Gasteiger partial charge in [-0.1, -0.05) is 13.8 Å². The normalized spacial score (nSPS) is 12.7. The van der Waals surface area contributed by atoms with E-state index < -0.39 is 37.7 Å². The Hall–Kier alpha value is -2.29. The summed E-state index contributed by atoms with van der Waals surface area (Å²) in [5.74, 6) is -3.04. The van der Waals surface area contributed by atoms with Crippen molar-refractivity contribution in [1.29, 1.82) is 0 Å². The SMILES string of the molecule is CCOC(=O)C(=O)C(C(C)C)S(=O)(=O)c1ccc([N+](=O)[O-])cc1. The smallest absolute Gasteiger partial charge is 0.376 e. The molecule has 0 amide bonds. The largest absolute Gasteiger partial charge is 0.460 e. The molecule has 1 atom stereocenters. The second-order valence-corrected chi connectivity index (χ2v) is 7.11. The van der Waals surface area contributed by atoms with Gasteiger partial charge in [0.05, 0.1) is 16.4 Å². The number of carbonyl (C=O) groups excluding carboxylic acids is 2. The lowest BCUT2D eigenvalue weighted by molar-refractivity contribution is -0.384. The molecular weight excluding hydrogens is 326 g/mol. The highest BCUT2D eigenvalue weighted by molar-refractivity contribution is 7.93. The summed E-state index contributed by atoms with van der Waals surface area (Å²) in [7, 11) is -4.18. The zero-order chi connectivity index (χ0) is 17.8. The molecule has 0 spiro atoms. The summed E-state index contributed by atoms with van der Waals surface area (Å²) in [6.07, 6.45) is 0. The van der Waals surface area contributed by atoms with Crippen LogP contribution in [-0.4, -0.2) is 37.0 Å². The van der Waals surface area contributed by atoms with E-state index in [-0.39, 0.29) is 17.2 Å². The van der Waals surface area contributed by atoms with Gasteiger partial charge >= 0.3 is 5.97 Å². The van der Waals surface area contributed by atoms with E-state index in [4.69, 9.17) is 0 Å². The first-order valence-corrected chi connectivity index (χ1v) is 8.36. The summed E-state index contributed by atoms with van der Waals surface area (Å²) in [4.78, 5) is 33.4. The lowest BCUT2D eigenvalue weighted by atomic mass is 10.1. The molecule has 1 aromatic rings. The van der Waals surface area contributed by atoms with Crippen molar-refractivity contribution in [3.63, 3.8) is 0 Å². The van der Waals surface area contributed by atoms with Gasteiger partial charge in [-0.15, -0.1) is 0 Å². The van der Waals surface area contributed by atoms with E-state index in [0.717, 1.165) is 24.3 Å². The number of nitro groups is 1. The maximum atomic E-state index is 12.6. The zero-order valence-electron chi connectivity index (χ0n) is 12.9. The molecule has 0 aromatic heterocycles. The van der Waals surface area contributed by atoms with Crippen LogP contribution in [0, 0.1) is 16.0 Å². The molecular formula is C14H17NO7S. The average molecular weight is 343 g/mol. The van der Waals surface area contributed by atoms with Gasteiger partial charge in [-0.3, -0.25) is 14.9 Å². The summed E-state index contributed by atoms with van der Waals surface area (Å²) in [6, 6.07) is 4.14. The number of hydrogen-bond donors (Lipinski definition) is 0. The number of ketones is 1. The summed E-state index contributed by atoms with van der Waals surface area (Å²) >= 11 is 0. The lowest BCUT2D eigenvalue weighted by Gasteiger charge is -2.19. The number of sulfone groups is 1. The van der Waals surface area contributed by atoms with Crippen molar-refractivity contribution in [2.75, 3.05) is 6.61 Å². The van der Waals surface area contributed by atoms with Crippen molar-refractivity contribution in [3.8, 4) is 0 Å². The van der Waals surface area contributed by atoms with E-state index in [1.54, 1.807) is 0 Å². The number of non-ortho nitro benzene ring substituents is 1. The second-order valence-electron chi connectivity index (χ2n) is 5.05. The number of nitrogens with zero attached hydrogens (tertiary/aromatic N) is 1. The molecule has 0 radical (unpaired) electrons. The molecule has 0 saturated carbocycles. The van der Waals surface area contributed by atoms with Gasteiger partial charge in [0.2, 0.25) is 0 Å². The molecule has 1 rings (SSSR count). The van der Waals surface area contributed by atoms with E-state index in [1.807, 2.05) is 0 Å². The van der Waals surface area contributed by atoms with Crippen LogP contribution in [0.15, 0.2) is 29.2 Å². The highest BCUT2D eigenvalue weighted by atomic mass is 32.2. The number of nitro benzene ring substituents is 1. The molecule has 0 aliphatic heterocycles. The molecule has 126 valence electrons. The Morgan fingerprint density at radius 3 is 2.13 bits per heavy atom. The van der Waals surface area contributed by atoms with Gasteiger partial charge in [0, 0.05) is 12.1 Å². The van der Waals surface area contributed by atoms with E-state index in [9.17, 15) is 28.1 Å². The molecule has 9 heteroatoms. The number of esters is 1. The molecule has 0 fully saturated rings. The van der Waals surface area contributed by atoms with Gasteiger partial charge < -0.3 is 4.74 Å². The van der Waals surface area contributed by atoms with Crippen LogP contribution in [0.4, 0.5) is 5.69 Å². The molecule has 0 bridgehead atoms. The van der Waals surface area contributed by atoms with Crippen molar-refractivity contribution < 1.29 is 27.7 Å². The van der Waals surface area contributed by atoms with Crippen molar-refractivity contribution in [2.24, 2.45) is 5.92 Å². The first-order valence-electron chi connectivity index (χ1n) is 6.82. The van der Waals surface area contributed by atoms with Crippen molar-refractivity contribution in [3.05, 3.63) is 34.4 Å². The molecule has 23 heavy (non-hydrogen) atoms. The van der Waals surface area contributed by atoms with Crippen molar-refractivity contribution in [1.82, 2.24) is 0 Å². The monoisotopic (exact) mass is 343 g/mol. The van der Waals surface area contributed by atoms with Crippen LogP contribution in [0.25, 0.3) is 0 Å². The van der Waals surface area contributed by atoms with Crippen molar-refractivity contribution >= 4 is 27.3 Å². The van der Waals surface area contributed by atoms with Gasteiger partial charge in [-0.25, -0.2) is 13.2 Å². The van der Waals surface area contributed by atoms with Crippen LogP contribution in [0.5, 0.6) is 0 Å². The van der Waals surface area contributed by atoms with Gasteiger partial charge in [0.15, 0.2) is 9.84 Å². The van der Waals surface area contributed by atoms with E-state index in [2.05, 4.69) is 4.74 Å². The average Bonchev–Trinajstić information content (AvgIpc) is 2.46. The van der Waals surface area contributed by atoms with Gasteiger partial charge in [-0.05, 0) is 25.0 Å². The zero-order valence-corrected chi connectivity index (χ0v) is 13.7. The second kappa shape index (κ2) is 7.32. The van der Waals surface area contributed by atoms with E-state index in [0.29, 0.717) is 0 Å². The van der Waals surface area contributed by atoms with Gasteiger partial charge in [0.1, 0.15) is 5.25 Å². The Labute approximate surface area is 133 Å². The molecule has 0 aliphatic rings. The molecule has 1 unspecified atom stereocenters. The third kappa shape index (κ3) is 4.13. The third-order valence-electron chi connectivity index (χ3n) is 3.05. The molecule has 0 N–H and O–H groups in total. The van der Waals surface area contributed by atoms with Gasteiger partial charge in [-0.2, -0.15) is 0 Å². The molecule has 1 aromatic carbocycles. The molecule has 0 saturated heterocycles. The van der Waals surface area contributed by atoms with Crippen molar-refractivity contribution in [2.45, 2.75) is 30.9 Å². The molecule has 8 nitrogen and oxygen atoms in total. The Morgan fingerprint density at radius 1 is 1.22 bits per heavy atom. The van der Waals surface area contributed by atoms with Crippen LogP contribution in [0.1, 0.15) is 20.8 Å². The number of Topliss-reactive ketones (excluding diaryl/α,β-unsaturated/α-hetero) is 1. The van der Waals surface area contributed by atoms with E-state index >= 15 is 0 Å². The first kappa shape index (κ1) is 18.8. The van der Waals surface area contributed by atoms with Crippen LogP contribution < -0.4 is 0 Å². The minimum absolute atomic E-state index is 0.0486. The van der Waals surface area contributed by atoms with E-state index in [1.165, 1.54) is 20.8 Å². The Kier molecular flexibility index (Phi) is 5.97. The number of carbonyl (C=O) groups is 2. The van der Waals surface area contributed by atoms with Crippen LogP contribution in [-0.2, 0) is 24.2 Å². The number of benzene rings is 1. The highest BCUT2D eigenvalue weighted by Crippen LogP contribution is 2.24. The number of rotatable bonds is 7. The fourth-order valence-electron chi connectivity index (χ4n) is 2.02. The number of ether oxygens (including phenoxy) is 1. The maximum Gasteiger partial charge on any atom is 0.376 e. The van der Waals surface area contributed by atoms with Crippen LogP contribution >= 0.6 is 0 Å². The summed E-state index contributed by atoms with van der Waals surface area (Å²) in [5.41, 5.74) is -0.276. The third-order valence-corrected chi connectivity index (χ3v) is 5.41. The molecule has 0 aliphatic carbocycles. The molecule has 0 heterocycles. The minimum atomic E-state index is -4.18. The highest BCUT2D eigenvalue weighted by Gasteiger charge is 2.40. The summed E-state index contributed by atoms with van der Waals surface area (Å²) in [6.45, 7) is 4.43. The minimum Gasteiger partial charge on any atom is -0.460 e. The standard InChI is InChI=1S/C14H17NO7S/c1-4-22-14(17)12(16)13(9(2)3)23(20,21)11-7-5-10(6-8-11)15(18)19/h5-9,13H,4H2,1-3H3. The van der Waals surface area contributed by atoms with Crippen LogP contribution in [0.2, 0.25) is 0 Å². The predicted molar refractivity (Wildman–Crippen MR) is 80.5 cm³/mol. The first-order chi connectivity index (χ1) is 10.6. The summed E-state index contributed by atoms with van der Waals surface area (Å²) in [5, 5.41) is 9.01. The van der Waals surface area contributed by atoms with Crippen LogP contribution in [0.3, 0.4) is 0 Å². The Bertz CT molecular complexity index is 707. The Morgan fingerprint density at radius 2 is 1.74 bits per heavy atom. The maximum absolute atomic E-state index is 12.6. The Balaban J connectivity index is 3.27. The lowest BCUT2D eigenvalue weighted by Crippen LogP contribution is -2.40. The van der Waals surface area contributed by atoms with Gasteiger partial charge in [0.25, 0.3) is 11.5 Å².